The lowest BCUT2D eigenvalue weighted by Gasteiger charge is -2.49. The molecule has 2 fully saturated rings. The van der Waals surface area contributed by atoms with Crippen molar-refractivity contribution in [1.82, 2.24) is 0 Å². The number of rotatable bonds is 3. The van der Waals surface area contributed by atoms with Gasteiger partial charge in [0.2, 0.25) is 0 Å². The fourth-order valence-electron chi connectivity index (χ4n) is 2.99. The highest BCUT2D eigenvalue weighted by Crippen LogP contribution is 2.38. The summed E-state index contributed by atoms with van der Waals surface area (Å²) in [6, 6.07) is 8.56. The van der Waals surface area contributed by atoms with Gasteiger partial charge in [-0.1, -0.05) is 35.4 Å². The van der Waals surface area contributed by atoms with Gasteiger partial charge in [0.1, 0.15) is 18.2 Å². The van der Waals surface area contributed by atoms with E-state index in [2.05, 4.69) is 10.0 Å². The summed E-state index contributed by atoms with van der Waals surface area (Å²) in [6.45, 7) is 2.02. The number of ether oxygens (including phenoxy) is 4. The van der Waals surface area contributed by atoms with E-state index in [0.717, 1.165) is 5.56 Å². The zero-order valence-corrected chi connectivity index (χ0v) is 12.9. The smallest absolute Gasteiger partial charge is 0.192 e. The second-order valence-electron chi connectivity index (χ2n) is 5.67. The van der Waals surface area contributed by atoms with Crippen molar-refractivity contribution in [1.29, 1.82) is 0 Å². The zero-order chi connectivity index (χ0) is 16.4. The van der Waals surface area contributed by atoms with Gasteiger partial charge in [-0.05, 0) is 12.5 Å². The summed E-state index contributed by atoms with van der Waals surface area (Å²) in [5.74, 6) is -1.01. The van der Waals surface area contributed by atoms with Crippen LogP contribution in [0.3, 0.4) is 0 Å². The van der Waals surface area contributed by atoms with E-state index in [1.165, 1.54) is 7.11 Å². The molecule has 0 aromatic heterocycles. The first kappa shape index (κ1) is 16.2. The van der Waals surface area contributed by atoms with E-state index in [1.807, 2.05) is 30.3 Å². The molecule has 6 atom stereocenters. The molecule has 3 rings (SSSR count). The number of aliphatic hydroxyl groups is 1. The Morgan fingerprint density at radius 3 is 2.78 bits per heavy atom. The average molecular weight is 321 g/mol. The second kappa shape index (κ2) is 6.45. The number of nitrogens with zero attached hydrogens (tertiary/aromatic N) is 3. The molecular weight excluding hydrogens is 302 g/mol. The van der Waals surface area contributed by atoms with Crippen LogP contribution < -0.4 is 0 Å². The molecule has 8 heteroatoms. The van der Waals surface area contributed by atoms with Crippen LogP contribution in [-0.2, 0) is 24.7 Å². The lowest BCUT2D eigenvalue weighted by molar-refractivity contribution is -0.376. The van der Waals surface area contributed by atoms with E-state index in [1.54, 1.807) is 6.92 Å². The van der Waals surface area contributed by atoms with Gasteiger partial charge in [0, 0.05) is 17.6 Å². The lowest BCUT2D eigenvalue weighted by Crippen LogP contribution is -2.63. The molecule has 2 aliphatic heterocycles. The zero-order valence-electron chi connectivity index (χ0n) is 12.9. The summed E-state index contributed by atoms with van der Waals surface area (Å²) in [5, 5.41) is 14.2. The fraction of sp³-hybridized carbons (Fsp3) is 0.600. The predicted molar refractivity (Wildman–Crippen MR) is 79.2 cm³/mol. The minimum absolute atomic E-state index is 0.232. The van der Waals surface area contributed by atoms with Gasteiger partial charge in [0.05, 0.1) is 12.7 Å². The molecule has 8 nitrogen and oxygen atoms in total. The van der Waals surface area contributed by atoms with Gasteiger partial charge in [-0.2, -0.15) is 0 Å². The maximum absolute atomic E-state index is 10.6. The number of hydrogen-bond acceptors (Lipinski definition) is 6. The minimum Gasteiger partial charge on any atom is -0.390 e. The van der Waals surface area contributed by atoms with E-state index < -0.39 is 36.4 Å². The molecule has 2 heterocycles. The van der Waals surface area contributed by atoms with E-state index in [0.29, 0.717) is 0 Å². The van der Waals surface area contributed by atoms with E-state index in [4.69, 9.17) is 24.5 Å². The number of methoxy groups -OCH3 is 1. The molecule has 1 N–H and O–H groups in total. The number of fused-ring (bicyclic) bond motifs is 1. The molecule has 0 unspecified atom stereocenters. The molecule has 2 aliphatic rings. The van der Waals surface area contributed by atoms with Crippen molar-refractivity contribution < 1.29 is 24.1 Å². The molecule has 1 aromatic carbocycles. The van der Waals surface area contributed by atoms with Crippen molar-refractivity contribution in [2.24, 2.45) is 5.11 Å². The van der Waals surface area contributed by atoms with Gasteiger partial charge in [-0.25, -0.2) is 0 Å². The minimum atomic E-state index is -1.05. The molecule has 0 aliphatic carbocycles. The van der Waals surface area contributed by atoms with Crippen LogP contribution in [0.5, 0.6) is 0 Å². The Kier molecular flexibility index (Phi) is 4.54. The normalized spacial score (nSPS) is 40.0. The maximum atomic E-state index is 10.6. The van der Waals surface area contributed by atoms with Crippen LogP contribution in [0.15, 0.2) is 35.4 Å². The van der Waals surface area contributed by atoms with Crippen LogP contribution in [0.2, 0.25) is 0 Å². The second-order valence-corrected chi connectivity index (χ2v) is 5.67. The Hall–Kier alpha value is -1.67. The average Bonchev–Trinajstić information content (AvgIpc) is 2.59. The molecular formula is C15H19N3O5. The van der Waals surface area contributed by atoms with Crippen molar-refractivity contribution in [2.45, 2.75) is 43.4 Å². The first-order valence-corrected chi connectivity index (χ1v) is 7.37. The Labute approximate surface area is 133 Å². The monoisotopic (exact) mass is 321 g/mol. The number of benzene rings is 1. The lowest BCUT2D eigenvalue weighted by atomic mass is 9.95. The highest BCUT2D eigenvalue weighted by Gasteiger charge is 2.52. The van der Waals surface area contributed by atoms with Gasteiger partial charge in [-0.15, -0.1) is 0 Å². The SMILES string of the molecule is CO[C@@H]1O[C@@H]2CO[C@](C)(c3ccccc3)O[C@H]2[C@H](O)[C@@H]1N=[N+]=[N-]. The molecule has 1 aromatic rings. The molecule has 0 amide bonds. The van der Waals surface area contributed by atoms with Crippen LogP contribution in [0, 0.1) is 0 Å². The van der Waals surface area contributed by atoms with Gasteiger partial charge in [0.15, 0.2) is 12.1 Å². The van der Waals surface area contributed by atoms with E-state index >= 15 is 0 Å². The summed E-state index contributed by atoms with van der Waals surface area (Å²) >= 11 is 0. The van der Waals surface area contributed by atoms with Crippen molar-refractivity contribution >= 4 is 0 Å². The Morgan fingerprint density at radius 2 is 2.13 bits per heavy atom. The molecule has 0 saturated carbocycles. The highest BCUT2D eigenvalue weighted by atomic mass is 16.8. The first-order valence-electron chi connectivity index (χ1n) is 7.37. The topological polar surface area (TPSA) is 106 Å². The van der Waals surface area contributed by atoms with E-state index in [9.17, 15) is 5.11 Å². The summed E-state index contributed by atoms with van der Waals surface area (Å²) in [7, 11) is 1.43. The fourth-order valence-corrected chi connectivity index (χ4v) is 2.99. The molecule has 124 valence electrons. The highest BCUT2D eigenvalue weighted by molar-refractivity contribution is 5.20. The summed E-state index contributed by atoms with van der Waals surface area (Å²) < 4.78 is 22.7. The quantitative estimate of drug-likeness (QED) is 0.518. The molecule has 0 spiro atoms. The Morgan fingerprint density at radius 1 is 1.39 bits per heavy atom. The van der Waals surface area contributed by atoms with Crippen LogP contribution in [-0.4, -0.2) is 49.5 Å². The van der Waals surface area contributed by atoms with Crippen LogP contribution >= 0.6 is 0 Å². The van der Waals surface area contributed by atoms with Gasteiger partial charge in [0.25, 0.3) is 0 Å². The Balaban J connectivity index is 1.85. The van der Waals surface area contributed by atoms with E-state index in [-0.39, 0.29) is 6.61 Å². The van der Waals surface area contributed by atoms with Crippen molar-refractivity contribution in [2.75, 3.05) is 13.7 Å². The number of aliphatic hydroxyl groups excluding tert-OH is 1. The molecule has 0 bridgehead atoms. The first-order chi connectivity index (χ1) is 11.1. The van der Waals surface area contributed by atoms with Crippen molar-refractivity contribution in [3.8, 4) is 0 Å². The van der Waals surface area contributed by atoms with Crippen LogP contribution in [0.4, 0.5) is 0 Å². The molecule has 2 saturated heterocycles. The third-order valence-corrected chi connectivity index (χ3v) is 4.24. The van der Waals surface area contributed by atoms with Gasteiger partial charge >= 0.3 is 0 Å². The third kappa shape index (κ3) is 2.92. The standard InChI is InChI=1S/C15H19N3O5/c1-15(9-6-4-3-5-7-9)21-8-10-13(23-15)12(19)11(17-18-16)14(20-2)22-10/h3-7,10-14,19H,8H2,1-2H3/t10-,11+,12-,13-,14-,15+/m1/s1. The van der Waals surface area contributed by atoms with Gasteiger partial charge in [-0.3, -0.25) is 0 Å². The largest absolute Gasteiger partial charge is 0.390 e. The number of hydrogen-bond donors (Lipinski definition) is 1. The van der Waals surface area contributed by atoms with Crippen LogP contribution in [0.1, 0.15) is 12.5 Å². The predicted octanol–water partition coefficient (Wildman–Crippen LogP) is 1.69. The molecule has 0 radical (unpaired) electrons. The van der Waals surface area contributed by atoms with Crippen molar-refractivity contribution in [3.05, 3.63) is 46.3 Å². The maximum Gasteiger partial charge on any atom is 0.192 e. The molecule has 23 heavy (non-hydrogen) atoms. The third-order valence-electron chi connectivity index (χ3n) is 4.24. The number of azide groups is 1. The summed E-state index contributed by atoms with van der Waals surface area (Å²) in [4.78, 5) is 2.76. The van der Waals surface area contributed by atoms with Crippen LogP contribution in [0.25, 0.3) is 10.4 Å². The Bertz CT molecular complexity index is 594. The summed E-state index contributed by atoms with van der Waals surface area (Å²) in [6.07, 6.45) is -3.08. The summed E-state index contributed by atoms with van der Waals surface area (Å²) in [5.41, 5.74) is 9.53. The van der Waals surface area contributed by atoms with Gasteiger partial charge < -0.3 is 24.1 Å². The van der Waals surface area contributed by atoms with Crippen molar-refractivity contribution in [3.63, 3.8) is 0 Å².